The molecule has 4 rings (SSSR count). The highest BCUT2D eigenvalue weighted by Crippen LogP contribution is 2.28. The molecule has 0 fully saturated rings. The van der Waals surface area contributed by atoms with E-state index in [-0.39, 0.29) is 0 Å². The van der Waals surface area contributed by atoms with E-state index in [1.165, 1.54) is 0 Å². The number of nitrogens with one attached hydrogen (secondary N) is 2. The first-order valence-electron chi connectivity index (χ1n) is 10.3. The fourth-order valence-electron chi connectivity index (χ4n) is 3.33. The van der Waals surface area contributed by atoms with Crippen molar-refractivity contribution in [3.63, 3.8) is 0 Å². The van der Waals surface area contributed by atoms with Crippen molar-refractivity contribution in [3.05, 3.63) is 67.0 Å². The van der Waals surface area contributed by atoms with Gasteiger partial charge in [0, 0.05) is 35.6 Å². The zero-order valence-electron chi connectivity index (χ0n) is 17.5. The van der Waals surface area contributed by atoms with E-state index in [9.17, 15) is 0 Å². The maximum absolute atomic E-state index is 5.59. The van der Waals surface area contributed by atoms with Crippen LogP contribution in [0.4, 0.5) is 17.5 Å². The summed E-state index contributed by atoms with van der Waals surface area (Å²) in [6.45, 7) is 1.55. The molecule has 2 aromatic carbocycles. The van der Waals surface area contributed by atoms with Crippen LogP contribution in [0.1, 0.15) is 12.8 Å². The van der Waals surface area contributed by atoms with E-state index in [2.05, 4.69) is 38.8 Å². The van der Waals surface area contributed by atoms with Crippen molar-refractivity contribution in [1.29, 1.82) is 0 Å². The number of anilines is 3. The fourth-order valence-corrected chi connectivity index (χ4v) is 3.33. The summed E-state index contributed by atoms with van der Waals surface area (Å²) in [5, 5.41) is 8.87. The van der Waals surface area contributed by atoms with E-state index >= 15 is 0 Å². The molecule has 4 aromatic rings. The zero-order valence-corrected chi connectivity index (χ0v) is 17.5. The molecule has 0 saturated heterocycles. The van der Waals surface area contributed by atoms with Crippen LogP contribution >= 0.6 is 0 Å². The van der Waals surface area contributed by atoms with Crippen LogP contribution in [0, 0.1) is 0 Å². The fraction of sp³-hybridized carbons (Fsp3) is 0.208. The van der Waals surface area contributed by atoms with Crippen LogP contribution in [0.25, 0.3) is 22.0 Å². The molecular weight excluding hydrogens is 388 g/mol. The largest absolute Gasteiger partial charge is 0.497 e. The van der Waals surface area contributed by atoms with Gasteiger partial charge in [0.2, 0.25) is 5.95 Å². The highest BCUT2D eigenvalue weighted by Gasteiger charge is 2.08. The summed E-state index contributed by atoms with van der Waals surface area (Å²) in [5.41, 5.74) is 8.33. The monoisotopic (exact) mass is 414 g/mol. The van der Waals surface area contributed by atoms with Gasteiger partial charge in [0.25, 0.3) is 0 Å². The Hall–Kier alpha value is -3.71. The van der Waals surface area contributed by atoms with E-state index in [0.29, 0.717) is 12.5 Å². The number of unbranched alkanes of at least 4 members (excludes halogenated alkanes) is 1. The van der Waals surface area contributed by atoms with Gasteiger partial charge in [-0.1, -0.05) is 12.1 Å². The molecule has 0 unspecified atom stereocenters. The van der Waals surface area contributed by atoms with Gasteiger partial charge >= 0.3 is 0 Å². The molecule has 0 atom stereocenters. The first-order valence-corrected chi connectivity index (χ1v) is 10.3. The Balaban J connectivity index is 1.58. The van der Waals surface area contributed by atoms with Crippen LogP contribution in [-0.2, 0) is 0 Å². The van der Waals surface area contributed by atoms with E-state index in [1.54, 1.807) is 13.3 Å². The molecule has 7 nitrogen and oxygen atoms in total. The molecule has 2 aromatic heterocycles. The van der Waals surface area contributed by atoms with Gasteiger partial charge in [-0.15, -0.1) is 0 Å². The number of fused-ring (bicyclic) bond motifs is 1. The maximum Gasteiger partial charge on any atom is 0.227 e. The molecule has 0 saturated carbocycles. The smallest absolute Gasteiger partial charge is 0.227 e. The second-order valence-corrected chi connectivity index (χ2v) is 7.14. The third-order valence-corrected chi connectivity index (χ3v) is 4.99. The number of nitrogens with zero attached hydrogens (tertiary/aromatic N) is 3. The molecule has 158 valence electrons. The van der Waals surface area contributed by atoms with Crippen molar-refractivity contribution in [3.8, 4) is 17.0 Å². The molecule has 0 aliphatic carbocycles. The summed E-state index contributed by atoms with van der Waals surface area (Å²) >= 11 is 0. The number of rotatable bonds is 9. The van der Waals surface area contributed by atoms with Gasteiger partial charge in [0.15, 0.2) is 0 Å². The quantitative estimate of drug-likeness (QED) is 0.344. The van der Waals surface area contributed by atoms with Crippen LogP contribution in [-0.4, -0.2) is 35.2 Å². The van der Waals surface area contributed by atoms with E-state index in [1.807, 2.05) is 42.6 Å². The number of nitrogens with two attached hydrogens (primary N) is 1. The van der Waals surface area contributed by atoms with Crippen molar-refractivity contribution < 1.29 is 4.74 Å². The molecule has 2 heterocycles. The molecule has 0 amide bonds. The minimum Gasteiger partial charge on any atom is -0.497 e. The Bertz CT molecular complexity index is 1150. The Labute approximate surface area is 181 Å². The van der Waals surface area contributed by atoms with Gasteiger partial charge in [0.1, 0.15) is 11.6 Å². The number of hydrogen-bond acceptors (Lipinski definition) is 7. The van der Waals surface area contributed by atoms with Gasteiger partial charge in [0.05, 0.1) is 12.8 Å². The number of hydrogen-bond donors (Lipinski definition) is 3. The Morgan fingerprint density at radius 3 is 2.58 bits per heavy atom. The van der Waals surface area contributed by atoms with Crippen LogP contribution in [0.5, 0.6) is 5.75 Å². The summed E-state index contributed by atoms with van der Waals surface area (Å²) < 4.78 is 5.20. The van der Waals surface area contributed by atoms with Crippen LogP contribution < -0.4 is 21.1 Å². The van der Waals surface area contributed by atoms with E-state index < -0.39 is 0 Å². The molecule has 0 bridgehead atoms. The second-order valence-electron chi connectivity index (χ2n) is 7.14. The lowest BCUT2D eigenvalue weighted by Gasteiger charge is -2.11. The van der Waals surface area contributed by atoms with Crippen molar-refractivity contribution >= 4 is 28.2 Å². The molecule has 7 heteroatoms. The third kappa shape index (κ3) is 5.07. The summed E-state index contributed by atoms with van der Waals surface area (Å²) in [6, 6.07) is 17.8. The maximum atomic E-state index is 5.59. The molecule has 4 N–H and O–H groups in total. The Morgan fingerprint density at radius 2 is 1.77 bits per heavy atom. The average molecular weight is 415 g/mol. The molecule has 0 aliphatic rings. The number of benzene rings is 2. The summed E-state index contributed by atoms with van der Waals surface area (Å²) in [5.74, 6) is 2.22. The van der Waals surface area contributed by atoms with E-state index in [4.69, 9.17) is 15.5 Å². The lowest BCUT2D eigenvalue weighted by atomic mass is 10.1. The van der Waals surface area contributed by atoms with Gasteiger partial charge < -0.3 is 21.1 Å². The third-order valence-electron chi connectivity index (χ3n) is 4.99. The lowest BCUT2D eigenvalue weighted by Crippen LogP contribution is -2.07. The minimum absolute atomic E-state index is 0.536. The topological polar surface area (TPSA) is 98.0 Å². The molecule has 0 aliphatic heterocycles. The Kier molecular flexibility index (Phi) is 6.54. The first-order chi connectivity index (χ1) is 15.3. The number of ether oxygens (including phenoxy) is 1. The van der Waals surface area contributed by atoms with Gasteiger partial charge in [-0.25, -0.2) is 15.0 Å². The number of pyridine rings is 1. The second kappa shape index (κ2) is 9.86. The van der Waals surface area contributed by atoms with Crippen LogP contribution in [0.15, 0.2) is 67.0 Å². The Morgan fingerprint density at radius 1 is 0.935 bits per heavy atom. The van der Waals surface area contributed by atoms with Crippen LogP contribution in [0.3, 0.4) is 0 Å². The molecule has 0 spiro atoms. The number of aromatic nitrogens is 3. The first kappa shape index (κ1) is 20.6. The summed E-state index contributed by atoms with van der Waals surface area (Å²) in [4.78, 5) is 13.6. The zero-order chi connectivity index (χ0) is 21.5. The van der Waals surface area contributed by atoms with Gasteiger partial charge in [-0.3, -0.25) is 0 Å². The summed E-state index contributed by atoms with van der Waals surface area (Å²) in [6.07, 6.45) is 5.59. The van der Waals surface area contributed by atoms with Crippen molar-refractivity contribution in [2.75, 3.05) is 30.8 Å². The summed E-state index contributed by atoms with van der Waals surface area (Å²) in [7, 11) is 1.65. The number of methoxy groups -OCH3 is 1. The predicted octanol–water partition coefficient (Wildman–Crippen LogP) is 4.59. The SMILES string of the molecule is COc1ccc(Nc2nccc(-c3ccc4ccnc(NCCCCN)c4c3)n2)cc1. The van der Waals surface area contributed by atoms with Crippen molar-refractivity contribution in [1.82, 2.24) is 15.0 Å². The highest BCUT2D eigenvalue weighted by molar-refractivity contribution is 5.94. The predicted molar refractivity (Wildman–Crippen MR) is 126 cm³/mol. The van der Waals surface area contributed by atoms with Crippen molar-refractivity contribution in [2.45, 2.75) is 12.8 Å². The van der Waals surface area contributed by atoms with Crippen LogP contribution in [0.2, 0.25) is 0 Å². The lowest BCUT2D eigenvalue weighted by molar-refractivity contribution is 0.415. The molecular formula is C24H26N6O. The normalized spacial score (nSPS) is 10.8. The van der Waals surface area contributed by atoms with Gasteiger partial charge in [-0.05, 0) is 67.2 Å². The van der Waals surface area contributed by atoms with E-state index in [0.717, 1.165) is 58.7 Å². The molecule has 0 radical (unpaired) electrons. The average Bonchev–Trinajstić information content (AvgIpc) is 2.82. The van der Waals surface area contributed by atoms with Crippen molar-refractivity contribution in [2.24, 2.45) is 5.73 Å². The standard InChI is InChI=1S/C24H26N6O/c1-31-20-8-6-19(7-9-20)29-24-28-15-11-22(30-24)18-5-4-17-10-14-27-23(21(17)16-18)26-13-3-2-12-25/h4-11,14-16H,2-3,12-13,25H2,1H3,(H,26,27)(H,28,29,30). The minimum atomic E-state index is 0.536. The highest BCUT2D eigenvalue weighted by atomic mass is 16.5. The van der Waals surface area contributed by atoms with Gasteiger partial charge in [-0.2, -0.15) is 0 Å². The molecule has 31 heavy (non-hydrogen) atoms.